The summed E-state index contributed by atoms with van der Waals surface area (Å²) >= 11 is 6.74. The first-order valence-electron chi connectivity index (χ1n) is 6.83. The van der Waals surface area contributed by atoms with Gasteiger partial charge in [0.25, 0.3) is 0 Å². The van der Waals surface area contributed by atoms with Crippen molar-refractivity contribution in [2.24, 2.45) is 5.73 Å². The van der Waals surface area contributed by atoms with Gasteiger partial charge in [-0.1, -0.05) is 24.4 Å². The zero-order chi connectivity index (χ0) is 15.8. The second-order valence-electron chi connectivity index (χ2n) is 5.03. The highest BCUT2D eigenvalue weighted by molar-refractivity contribution is 7.98. The van der Waals surface area contributed by atoms with E-state index in [1.54, 1.807) is 6.07 Å². The van der Waals surface area contributed by atoms with Crippen molar-refractivity contribution in [2.45, 2.75) is 19.4 Å². The van der Waals surface area contributed by atoms with E-state index in [-0.39, 0.29) is 5.91 Å². The average Bonchev–Trinajstić information content (AvgIpc) is 2.45. The molecule has 1 aromatic carbocycles. The molecule has 1 rings (SSSR count). The van der Waals surface area contributed by atoms with Crippen molar-refractivity contribution in [3.8, 4) is 0 Å². The van der Waals surface area contributed by atoms with Gasteiger partial charge in [0.15, 0.2) is 0 Å². The smallest absolute Gasteiger partial charge is 0.225 e. The molecule has 3 N–H and O–H groups in total. The lowest BCUT2D eigenvalue weighted by Gasteiger charge is -2.23. The summed E-state index contributed by atoms with van der Waals surface area (Å²) < 4.78 is 0. The van der Waals surface area contributed by atoms with Crippen LogP contribution in [-0.2, 0) is 4.79 Å². The number of hydrogen-bond acceptors (Lipinski definition) is 4. The number of nitrogens with zero attached hydrogens (tertiary/aromatic N) is 1. The molecule has 4 nitrogen and oxygen atoms in total. The van der Waals surface area contributed by atoms with Crippen LogP contribution in [0.15, 0.2) is 24.3 Å². The molecule has 116 valence electrons. The first-order valence-corrected chi connectivity index (χ1v) is 8.63. The van der Waals surface area contributed by atoms with Crippen LogP contribution in [0.25, 0.3) is 0 Å². The first-order chi connectivity index (χ1) is 9.93. The van der Waals surface area contributed by atoms with Crippen LogP contribution in [0.2, 0.25) is 0 Å². The highest BCUT2D eigenvalue weighted by atomic mass is 32.2. The van der Waals surface area contributed by atoms with E-state index in [9.17, 15) is 4.79 Å². The van der Waals surface area contributed by atoms with Crippen molar-refractivity contribution in [3.05, 3.63) is 29.8 Å². The molecule has 6 heteroatoms. The van der Waals surface area contributed by atoms with Gasteiger partial charge in [0, 0.05) is 36.0 Å². The molecule has 1 atom stereocenters. The third kappa shape index (κ3) is 6.46. The third-order valence-corrected chi connectivity index (χ3v) is 4.33. The SMILES string of the molecule is CSCC(C)N(C)CCC(=O)Nc1cccc(C(N)=S)c1. The van der Waals surface area contributed by atoms with Gasteiger partial charge in [-0.3, -0.25) is 4.79 Å². The number of carbonyl (C=O) groups is 1. The van der Waals surface area contributed by atoms with Crippen molar-refractivity contribution in [2.75, 3.05) is 30.9 Å². The Kier molecular flexibility index (Phi) is 7.71. The molecule has 0 radical (unpaired) electrons. The Morgan fingerprint density at radius 3 is 2.86 bits per heavy atom. The number of anilines is 1. The monoisotopic (exact) mass is 325 g/mol. The first kappa shape index (κ1) is 17.9. The van der Waals surface area contributed by atoms with Crippen LogP contribution in [0.4, 0.5) is 5.69 Å². The second kappa shape index (κ2) is 9.02. The summed E-state index contributed by atoms with van der Waals surface area (Å²) in [6.07, 6.45) is 2.55. The summed E-state index contributed by atoms with van der Waals surface area (Å²) in [7, 11) is 2.04. The van der Waals surface area contributed by atoms with Crippen LogP contribution in [0.1, 0.15) is 18.9 Å². The lowest BCUT2D eigenvalue weighted by atomic mass is 10.2. The van der Waals surface area contributed by atoms with Gasteiger partial charge in [-0.05, 0) is 32.4 Å². The van der Waals surface area contributed by atoms with E-state index in [2.05, 4.69) is 23.4 Å². The molecule has 0 aliphatic carbocycles. The molecule has 0 fully saturated rings. The summed E-state index contributed by atoms with van der Waals surface area (Å²) in [4.78, 5) is 14.5. The Bertz CT molecular complexity index is 494. The van der Waals surface area contributed by atoms with Crippen LogP contribution >= 0.6 is 24.0 Å². The summed E-state index contributed by atoms with van der Waals surface area (Å²) in [5.74, 6) is 1.06. The Hall–Kier alpha value is -1.11. The number of carbonyl (C=O) groups excluding carboxylic acids is 1. The molecule has 0 spiro atoms. The summed E-state index contributed by atoms with van der Waals surface area (Å²) in [6.45, 7) is 2.91. The lowest BCUT2D eigenvalue weighted by molar-refractivity contribution is -0.116. The number of nitrogens with two attached hydrogens (primary N) is 1. The van der Waals surface area contributed by atoms with Gasteiger partial charge >= 0.3 is 0 Å². The number of rotatable bonds is 8. The molecule has 1 amide bonds. The molecule has 1 aromatic rings. The van der Waals surface area contributed by atoms with Crippen molar-refractivity contribution in [1.29, 1.82) is 0 Å². The van der Waals surface area contributed by atoms with Crippen LogP contribution < -0.4 is 11.1 Å². The van der Waals surface area contributed by atoms with Gasteiger partial charge in [-0.15, -0.1) is 0 Å². The standard InChI is InChI=1S/C15H23N3OS2/c1-11(10-21-3)18(2)8-7-14(19)17-13-6-4-5-12(9-13)15(16)20/h4-6,9,11H,7-8,10H2,1-3H3,(H2,16,20)(H,17,19). The van der Waals surface area contributed by atoms with E-state index < -0.39 is 0 Å². The molecule has 1 unspecified atom stereocenters. The van der Waals surface area contributed by atoms with E-state index in [0.717, 1.165) is 23.5 Å². The molecule has 0 aliphatic rings. The molecule has 0 saturated carbocycles. The third-order valence-electron chi connectivity index (χ3n) is 3.28. The minimum Gasteiger partial charge on any atom is -0.389 e. The largest absolute Gasteiger partial charge is 0.389 e. The van der Waals surface area contributed by atoms with E-state index >= 15 is 0 Å². The highest BCUT2D eigenvalue weighted by Gasteiger charge is 2.10. The van der Waals surface area contributed by atoms with E-state index in [4.69, 9.17) is 18.0 Å². The second-order valence-corrected chi connectivity index (χ2v) is 6.38. The molecule has 0 aromatic heterocycles. The lowest BCUT2D eigenvalue weighted by Crippen LogP contribution is -2.33. The normalized spacial score (nSPS) is 12.2. The van der Waals surface area contributed by atoms with E-state index in [0.29, 0.717) is 17.5 Å². The maximum absolute atomic E-state index is 12.0. The highest BCUT2D eigenvalue weighted by Crippen LogP contribution is 2.11. The van der Waals surface area contributed by atoms with E-state index in [1.807, 2.05) is 37.0 Å². The predicted octanol–water partition coefficient (Wildman–Crippen LogP) is 2.33. The average molecular weight is 326 g/mol. The van der Waals surface area contributed by atoms with Gasteiger partial charge in [0.05, 0.1) is 0 Å². The molecule has 21 heavy (non-hydrogen) atoms. The van der Waals surface area contributed by atoms with Crippen molar-refractivity contribution in [3.63, 3.8) is 0 Å². The van der Waals surface area contributed by atoms with Crippen LogP contribution in [0.3, 0.4) is 0 Å². The van der Waals surface area contributed by atoms with Crippen molar-refractivity contribution < 1.29 is 4.79 Å². The molecular formula is C15H23N3OS2. The number of thiocarbonyl (C=S) groups is 1. The van der Waals surface area contributed by atoms with Gasteiger partial charge in [0.2, 0.25) is 5.91 Å². The molecule has 0 heterocycles. The Morgan fingerprint density at radius 2 is 2.24 bits per heavy atom. The maximum Gasteiger partial charge on any atom is 0.225 e. The summed E-state index contributed by atoms with van der Waals surface area (Å²) in [6, 6.07) is 7.75. The molecule has 0 aliphatic heterocycles. The van der Waals surface area contributed by atoms with Gasteiger partial charge in [0.1, 0.15) is 4.99 Å². The number of nitrogens with one attached hydrogen (secondary N) is 1. The summed E-state index contributed by atoms with van der Waals surface area (Å²) in [5, 5.41) is 2.88. The maximum atomic E-state index is 12.0. The number of benzene rings is 1. The predicted molar refractivity (Wildman–Crippen MR) is 96.1 cm³/mol. The topological polar surface area (TPSA) is 58.4 Å². The fourth-order valence-corrected chi connectivity index (χ4v) is 2.70. The van der Waals surface area contributed by atoms with E-state index in [1.165, 1.54) is 0 Å². The zero-order valence-electron chi connectivity index (χ0n) is 12.8. The minimum atomic E-state index is -0.00158. The van der Waals surface area contributed by atoms with Crippen molar-refractivity contribution in [1.82, 2.24) is 4.90 Å². The minimum absolute atomic E-state index is 0.00158. The zero-order valence-corrected chi connectivity index (χ0v) is 14.4. The molecular weight excluding hydrogens is 302 g/mol. The molecule has 0 saturated heterocycles. The van der Waals surface area contributed by atoms with Gasteiger partial charge < -0.3 is 16.0 Å². The Morgan fingerprint density at radius 1 is 1.52 bits per heavy atom. The quantitative estimate of drug-likeness (QED) is 0.719. The fraction of sp³-hybridized carbons (Fsp3) is 0.467. The summed E-state index contributed by atoms with van der Waals surface area (Å²) in [5.41, 5.74) is 7.07. The van der Waals surface area contributed by atoms with Crippen LogP contribution in [0, 0.1) is 0 Å². The van der Waals surface area contributed by atoms with Crippen molar-refractivity contribution >= 4 is 40.6 Å². The Labute approximate surface area is 136 Å². The molecule has 0 bridgehead atoms. The number of thioether (sulfide) groups is 1. The fourth-order valence-electron chi connectivity index (χ4n) is 1.84. The van der Waals surface area contributed by atoms with Crippen LogP contribution in [-0.4, -0.2) is 47.4 Å². The van der Waals surface area contributed by atoms with Gasteiger partial charge in [-0.2, -0.15) is 11.8 Å². The van der Waals surface area contributed by atoms with Crippen LogP contribution in [0.5, 0.6) is 0 Å². The van der Waals surface area contributed by atoms with Gasteiger partial charge in [-0.25, -0.2) is 0 Å². The Balaban J connectivity index is 2.47. The number of amides is 1. The number of hydrogen-bond donors (Lipinski definition) is 2.